The van der Waals surface area contributed by atoms with Crippen LogP contribution in [0.2, 0.25) is 0 Å². The van der Waals surface area contributed by atoms with Crippen LogP contribution in [0.5, 0.6) is 5.75 Å². The number of carboxylic acid groups (broad SMARTS) is 1. The molecule has 0 aliphatic rings. The van der Waals surface area contributed by atoms with Crippen molar-refractivity contribution in [2.75, 3.05) is 0 Å². The van der Waals surface area contributed by atoms with Crippen LogP contribution in [0.25, 0.3) is 0 Å². The molecule has 1 rings (SSSR count). The molecule has 14 heavy (non-hydrogen) atoms. The van der Waals surface area contributed by atoms with Crippen molar-refractivity contribution in [2.45, 2.75) is 0 Å². The van der Waals surface area contributed by atoms with E-state index >= 15 is 0 Å². The average Bonchev–Trinajstić information content (AvgIpc) is 2.03. The van der Waals surface area contributed by atoms with E-state index in [0.717, 1.165) is 0 Å². The molecule has 6 heteroatoms. The summed E-state index contributed by atoms with van der Waals surface area (Å²) in [6, 6.07) is 8.35. The first kappa shape index (κ1) is 11.8. The average molecular weight is 197 g/mol. The highest BCUT2D eigenvalue weighted by Gasteiger charge is 1.96. The summed E-state index contributed by atoms with van der Waals surface area (Å²) in [6.45, 7) is 0. The summed E-state index contributed by atoms with van der Waals surface area (Å²) in [5.41, 5.74) is 8.94. The number of benzene rings is 1. The topological polar surface area (TPSA) is 122 Å². The van der Waals surface area contributed by atoms with Crippen molar-refractivity contribution in [2.24, 2.45) is 11.5 Å². The van der Waals surface area contributed by atoms with Crippen molar-refractivity contribution in [3.8, 4) is 5.75 Å². The summed E-state index contributed by atoms with van der Waals surface area (Å²) in [5.74, 6) is 0.00926. The fourth-order valence-corrected chi connectivity index (χ4v) is 0.589. The summed E-state index contributed by atoms with van der Waals surface area (Å²) in [6.07, 6.45) is -1.29. The molecule has 0 aliphatic carbocycles. The van der Waals surface area contributed by atoms with Gasteiger partial charge in [-0.25, -0.2) is 4.79 Å². The van der Waals surface area contributed by atoms with Gasteiger partial charge in [0.15, 0.2) is 5.96 Å². The lowest BCUT2D eigenvalue weighted by molar-refractivity contribution is 0.144. The Labute approximate surface area is 80.6 Å². The van der Waals surface area contributed by atoms with Crippen LogP contribution in [0.15, 0.2) is 30.3 Å². The van der Waals surface area contributed by atoms with Gasteiger partial charge in [-0.3, -0.25) is 5.41 Å². The van der Waals surface area contributed by atoms with Crippen LogP contribution in [0.1, 0.15) is 0 Å². The minimum absolute atomic E-state index is 0.333. The number of carbonyl (C=O) groups is 1. The maximum absolute atomic E-state index is 9.95. The van der Waals surface area contributed by atoms with Crippen molar-refractivity contribution >= 4 is 12.1 Å². The van der Waals surface area contributed by atoms with Gasteiger partial charge < -0.3 is 21.3 Å². The van der Waals surface area contributed by atoms with Crippen LogP contribution in [-0.4, -0.2) is 17.2 Å². The normalized spacial score (nSPS) is 8.00. The predicted octanol–water partition coefficient (Wildman–Crippen LogP) is 0.582. The van der Waals surface area contributed by atoms with Gasteiger partial charge >= 0.3 is 6.16 Å². The second-order valence-corrected chi connectivity index (χ2v) is 2.14. The zero-order valence-electron chi connectivity index (χ0n) is 7.31. The van der Waals surface area contributed by atoms with Gasteiger partial charge in [-0.15, -0.1) is 0 Å². The smallest absolute Gasteiger partial charge is 0.449 e. The van der Waals surface area contributed by atoms with E-state index in [1.165, 1.54) is 0 Å². The molecule has 0 aliphatic heterocycles. The van der Waals surface area contributed by atoms with Gasteiger partial charge in [-0.2, -0.15) is 0 Å². The van der Waals surface area contributed by atoms with E-state index in [4.69, 9.17) is 10.5 Å². The molecular weight excluding hydrogens is 186 g/mol. The highest BCUT2D eigenvalue weighted by Crippen LogP contribution is 2.07. The van der Waals surface area contributed by atoms with Crippen molar-refractivity contribution in [3.63, 3.8) is 0 Å². The Bertz CT molecular complexity index is 296. The molecule has 0 aromatic heterocycles. The van der Waals surface area contributed by atoms with Crippen molar-refractivity contribution < 1.29 is 14.6 Å². The van der Waals surface area contributed by atoms with Crippen LogP contribution in [-0.2, 0) is 0 Å². The molecule has 1 aromatic carbocycles. The van der Waals surface area contributed by atoms with Gasteiger partial charge in [0, 0.05) is 0 Å². The van der Waals surface area contributed by atoms with Crippen LogP contribution in [0.4, 0.5) is 4.79 Å². The molecule has 0 amide bonds. The lowest BCUT2D eigenvalue weighted by atomic mass is 10.3. The molecule has 0 saturated heterocycles. The summed E-state index contributed by atoms with van der Waals surface area (Å²) < 4.78 is 4.33. The molecule has 6 nitrogen and oxygen atoms in total. The van der Waals surface area contributed by atoms with E-state index in [1.807, 2.05) is 0 Å². The molecule has 0 radical (unpaired) electrons. The Balaban J connectivity index is 0.000000364. The van der Waals surface area contributed by atoms with Gasteiger partial charge in [0.25, 0.3) is 0 Å². The number of guanidine groups is 1. The molecule has 6 N–H and O–H groups in total. The standard InChI is InChI=1S/C7H6O3.CH5N3/c8-7(9)10-6-4-2-1-3-5-6;2-1(3)4/h1-5H,(H,8,9);(H5,2,3,4). The summed E-state index contributed by atoms with van der Waals surface area (Å²) >= 11 is 0. The van der Waals surface area contributed by atoms with Crippen molar-refractivity contribution in [1.82, 2.24) is 0 Å². The number of para-hydroxylation sites is 1. The fraction of sp³-hybridized carbons (Fsp3) is 0. The molecule has 0 unspecified atom stereocenters. The zero-order chi connectivity index (χ0) is 11.0. The Morgan fingerprint density at radius 1 is 1.29 bits per heavy atom. The van der Waals surface area contributed by atoms with Gasteiger partial charge in [0.1, 0.15) is 5.75 Å². The van der Waals surface area contributed by atoms with Crippen LogP contribution < -0.4 is 16.2 Å². The van der Waals surface area contributed by atoms with E-state index in [2.05, 4.69) is 16.2 Å². The molecule has 0 atom stereocenters. The summed E-state index contributed by atoms with van der Waals surface area (Å²) in [7, 11) is 0. The monoisotopic (exact) mass is 197 g/mol. The second kappa shape index (κ2) is 6.30. The fourth-order valence-electron chi connectivity index (χ4n) is 0.589. The van der Waals surface area contributed by atoms with Crippen LogP contribution in [0, 0.1) is 5.41 Å². The van der Waals surface area contributed by atoms with Gasteiger partial charge in [-0.05, 0) is 12.1 Å². The Kier molecular flexibility index (Phi) is 5.29. The molecule has 0 spiro atoms. The number of ether oxygens (including phenoxy) is 1. The van der Waals surface area contributed by atoms with Crippen molar-refractivity contribution in [3.05, 3.63) is 30.3 Å². The van der Waals surface area contributed by atoms with Gasteiger partial charge in [0.05, 0.1) is 0 Å². The zero-order valence-corrected chi connectivity index (χ0v) is 7.31. The Hall–Kier alpha value is -2.24. The third-order valence-electron chi connectivity index (χ3n) is 0.948. The van der Waals surface area contributed by atoms with Crippen LogP contribution >= 0.6 is 0 Å². The minimum Gasteiger partial charge on any atom is -0.449 e. The first-order chi connectivity index (χ1) is 6.52. The van der Waals surface area contributed by atoms with Crippen molar-refractivity contribution in [1.29, 1.82) is 5.41 Å². The Morgan fingerprint density at radius 3 is 2.07 bits per heavy atom. The predicted molar refractivity (Wildman–Crippen MR) is 51.2 cm³/mol. The molecule has 0 saturated carbocycles. The van der Waals surface area contributed by atoms with E-state index in [0.29, 0.717) is 5.75 Å². The van der Waals surface area contributed by atoms with E-state index in [-0.39, 0.29) is 5.96 Å². The third-order valence-corrected chi connectivity index (χ3v) is 0.948. The van der Waals surface area contributed by atoms with Gasteiger partial charge in [0.2, 0.25) is 0 Å². The minimum atomic E-state index is -1.29. The highest BCUT2D eigenvalue weighted by atomic mass is 16.7. The number of hydrogen-bond donors (Lipinski definition) is 4. The van der Waals surface area contributed by atoms with E-state index in [9.17, 15) is 4.79 Å². The molecule has 1 aromatic rings. The number of nitrogens with one attached hydrogen (secondary N) is 1. The molecular formula is C8H11N3O3. The number of hydrogen-bond acceptors (Lipinski definition) is 3. The second-order valence-electron chi connectivity index (χ2n) is 2.14. The SMILES string of the molecule is N=C(N)N.O=C(O)Oc1ccccc1. The molecule has 76 valence electrons. The quantitative estimate of drug-likeness (QED) is 0.227. The largest absolute Gasteiger partial charge is 0.511 e. The molecule has 0 bridgehead atoms. The Morgan fingerprint density at radius 2 is 1.71 bits per heavy atom. The number of nitrogens with two attached hydrogens (primary N) is 2. The summed E-state index contributed by atoms with van der Waals surface area (Å²) in [5, 5.41) is 14.2. The van der Waals surface area contributed by atoms with E-state index in [1.54, 1.807) is 30.3 Å². The van der Waals surface area contributed by atoms with E-state index < -0.39 is 6.16 Å². The lowest BCUT2D eigenvalue weighted by Gasteiger charge is -1.95. The maximum Gasteiger partial charge on any atom is 0.511 e. The third kappa shape index (κ3) is 7.86. The first-order valence-electron chi connectivity index (χ1n) is 3.57. The van der Waals surface area contributed by atoms with Crippen LogP contribution in [0.3, 0.4) is 0 Å². The summed E-state index contributed by atoms with van der Waals surface area (Å²) in [4.78, 5) is 9.95. The van der Waals surface area contributed by atoms with Gasteiger partial charge in [-0.1, -0.05) is 18.2 Å². The molecule has 0 heterocycles. The highest BCUT2D eigenvalue weighted by molar-refractivity contribution is 5.71. The number of rotatable bonds is 1. The lowest BCUT2D eigenvalue weighted by Crippen LogP contribution is -2.20. The molecule has 0 fully saturated rings. The maximum atomic E-state index is 9.95. The first-order valence-corrected chi connectivity index (χ1v) is 3.57.